The fraction of sp³-hybridized carbons (Fsp3) is 0.167. The minimum Gasteiger partial charge on any atom is -0.325 e. The lowest BCUT2D eigenvalue weighted by Gasteiger charge is -2.10. The number of aryl methyl sites for hydroxylation is 3. The Morgan fingerprint density at radius 3 is 2.37 bits per heavy atom. The third-order valence-electron chi connectivity index (χ3n) is 6.86. The number of carbonyl (C=O) groups is 1. The largest absolute Gasteiger partial charge is 0.325 e. The second-order valence-electron chi connectivity index (χ2n) is 9.21. The van der Waals surface area contributed by atoms with E-state index >= 15 is 0 Å². The Bertz CT molecular complexity index is 1530. The second kappa shape index (κ2) is 8.79. The average Bonchev–Trinajstić information content (AvgIpc) is 3.29. The van der Waals surface area contributed by atoms with Gasteiger partial charge >= 0.3 is 0 Å². The molecule has 0 aliphatic carbocycles. The first-order valence-corrected chi connectivity index (χ1v) is 12.4. The quantitative estimate of drug-likeness (QED) is 0.283. The van der Waals surface area contributed by atoms with Crippen molar-refractivity contribution in [3.05, 3.63) is 107 Å². The van der Waals surface area contributed by atoms with Gasteiger partial charge in [0.05, 0.1) is 5.69 Å². The number of anilines is 1. The standard InChI is InChI=1S/C30H26ClN3O/c1-20-10-12-22(13-11-20)27-25-9-5-6-18-33-26(21-7-3-2-4-8-21)19-34(30(25)33)28(27)29(35)32-24-16-14-23(31)15-17-24/h2-4,7-8,10-17,19H,5-6,9,18H2,1H3,(H,32,35). The van der Waals surface area contributed by atoms with Crippen LogP contribution in [0.1, 0.15) is 34.5 Å². The predicted molar refractivity (Wildman–Crippen MR) is 143 cm³/mol. The van der Waals surface area contributed by atoms with Crippen LogP contribution in [0.2, 0.25) is 5.02 Å². The van der Waals surface area contributed by atoms with Crippen molar-refractivity contribution in [2.75, 3.05) is 5.32 Å². The van der Waals surface area contributed by atoms with Crippen molar-refractivity contribution >= 4 is 28.8 Å². The number of hydrogen-bond donors (Lipinski definition) is 1. The van der Waals surface area contributed by atoms with E-state index in [-0.39, 0.29) is 5.91 Å². The highest BCUT2D eigenvalue weighted by molar-refractivity contribution is 6.30. The molecule has 0 unspecified atom stereocenters. The number of rotatable bonds is 4. The predicted octanol–water partition coefficient (Wildman–Crippen LogP) is 7.63. The molecule has 3 aromatic carbocycles. The first kappa shape index (κ1) is 21.8. The van der Waals surface area contributed by atoms with Gasteiger partial charge in [0.15, 0.2) is 0 Å². The van der Waals surface area contributed by atoms with E-state index in [0.717, 1.165) is 59.5 Å². The van der Waals surface area contributed by atoms with Crippen LogP contribution in [0.15, 0.2) is 85.1 Å². The molecule has 5 aromatic rings. The maximum absolute atomic E-state index is 13.9. The number of nitrogens with zero attached hydrogens (tertiary/aromatic N) is 2. The van der Waals surface area contributed by atoms with E-state index in [1.165, 1.54) is 11.1 Å². The molecule has 1 aliphatic rings. The number of amides is 1. The van der Waals surface area contributed by atoms with E-state index in [2.05, 4.69) is 75.9 Å². The van der Waals surface area contributed by atoms with Gasteiger partial charge in [-0.25, -0.2) is 0 Å². The Morgan fingerprint density at radius 2 is 1.63 bits per heavy atom. The zero-order valence-corrected chi connectivity index (χ0v) is 20.3. The molecule has 2 aromatic heterocycles. The summed E-state index contributed by atoms with van der Waals surface area (Å²) in [5, 5.41) is 3.75. The molecule has 0 atom stereocenters. The molecule has 0 saturated carbocycles. The summed E-state index contributed by atoms with van der Waals surface area (Å²) in [5.74, 6) is -0.124. The molecule has 5 heteroatoms. The molecule has 4 nitrogen and oxygen atoms in total. The van der Waals surface area contributed by atoms with Gasteiger partial charge in [-0.1, -0.05) is 71.8 Å². The number of nitrogens with one attached hydrogen (secondary N) is 1. The monoisotopic (exact) mass is 479 g/mol. The Morgan fingerprint density at radius 1 is 0.886 bits per heavy atom. The molecule has 3 heterocycles. The Labute approximate surface area is 209 Å². The lowest BCUT2D eigenvalue weighted by atomic mass is 9.97. The molecule has 174 valence electrons. The van der Waals surface area contributed by atoms with Crippen LogP contribution in [0.4, 0.5) is 5.69 Å². The lowest BCUT2D eigenvalue weighted by Crippen LogP contribution is -2.15. The summed E-state index contributed by atoms with van der Waals surface area (Å²) >= 11 is 6.06. The van der Waals surface area contributed by atoms with Gasteiger partial charge in [0.2, 0.25) is 0 Å². The van der Waals surface area contributed by atoms with E-state index in [0.29, 0.717) is 10.7 Å². The van der Waals surface area contributed by atoms with E-state index in [1.54, 1.807) is 12.1 Å². The van der Waals surface area contributed by atoms with Gasteiger partial charge in [0.1, 0.15) is 11.3 Å². The number of carbonyl (C=O) groups excluding carboxylic acids is 1. The van der Waals surface area contributed by atoms with E-state index < -0.39 is 0 Å². The van der Waals surface area contributed by atoms with Crippen LogP contribution in [0.3, 0.4) is 0 Å². The fourth-order valence-electron chi connectivity index (χ4n) is 5.20. The van der Waals surface area contributed by atoms with Gasteiger partial charge < -0.3 is 9.88 Å². The van der Waals surface area contributed by atoms with Gasteiger partial charge in [0.25, 0.3) is 5.91 Å². The fourth-order valence-corrected chi connectivity index (χ4v) is 5.33. The number of aromatic nitrogens is 2. The van der Waals surface area contributed by atoms with Crippen LogP contribution in [0, 0.1) is 6.92 Å². The SMILES string of the molecule is Cc1ccc(-c2c3c4n(c(-c5ccccc5)cn4c2C(=O)Nc2ccc(Cl)cc2)CCCC3)cc1. The maximum Gasteiger partial charge on any atom is 0.273 e. The zero-order valence-electron chi connectivity index (χ0n) is 19.6. The van der Waals surface area contributed by atoms with Crippen molar-refractivity contribution in [2.24, 2.45) is 0 Å². The second-order valence-corrected chi connectivity index (χ2v) is 9.65. The summed E-state index contributed by atoms with van der Waals surface area (Å²) in [5.41, 5.74) is 9.36. The van der Waals surface area contributed by atoms with Gasteiger partial charge in [0, 0.05) is 34.6 Å². The average molecular weight is 480 g/mol. The summed E-state index contributed by atoms with van der Waals surface area (Å²) in [6, 6.07) is 26.2. The van der Waals surface area contributed by atoms with Crippen molar-refractivity contribution in [1.82, 2.24) is 8.97 Å². The Kier molecular flexibility index (Phi) is 5.46. The smallest absolute Gasteiger partial charge is 0.273 e. The summed E-state index contributed by atoms with van der Waals surface area (Å²) in [7, 11) is 0. The van der Waals surface area contributed by atoms with Gasteiger partial charge in [-0.05, 0) is 61.6 Å². The molecule has 1 aliphatic heterocycles. The summed E-state index contributed by atoms with van der Waals surface area (Å²) < 4.78 is 4.51. The Hall–Kier alpha value is -3.76. The minimum atomic E-state index is -0.124. The topological polar surface area (TPSA) is 38.4 Å². The van der Waals surface area contributed by atoms with Crippen LogP contribution in [0.25, 0.3) is 28.0 Å². The van der Waals surface area contributed by atoms with Gasteiger partial charge in [-0.2, -0.15) is 0 Å². The van der Waals surface area contributed by atoms with E-state index in [1.807, 2.05) is 18.2 Å². The maximum atomic E-state index is 13.9. The van der Waals surface area contributed by atoms with E-state index in [4.69, 9.17) is 11.6 Å². The zero-order chi connectivity index (χ0) is 23.9. The molecule has 0 saturated heterocycles. The van der Waals surface area contributed by atoms with Crippen molar-refractivity contribution in [3.8, 4) is 22.4 Å². The van der Waals surface area contributed by atoms with Crippen LogP contribution in [0.5, 0.6) is 0 Å². The van der Waals surface area contributed by atoms with Crippen LogP contribution in [-0.2, 0) is 13.0 Å². The van der Waals surface area contributed by atoms with E-state index in [9.17, 15) is 4.79 Å². The van der Waals surface area contributed by atoms with Crippen LogP contribution >= 0.6 is 11.6 Å². The van der Waals surface area contributed by atoms with Crippen molar-refractivity contribution in [3.63, 3.8) is 0 Å². The molecular formula is C30H26ClN3O. The molecule has 6 rings (SSSR count). The van der Waals surface area contributed by atoms with Crippen molar-refractivity contribution in [1.29, 1.82) is 0 Å². The van der Waals surface area contributed by atoms with Crippen LogP contribution < -0.4 is 5.32 Å². The number of imidazole rings is 1. The molecular weight excluding hydrogens is 454 g/mol. The lowest BCUT2D eigenvalue weighted by molar-refractivity contribution is 0.102. The van der Waals surface area contributed by atoms with Gasteiger partial charge in [-0.15, -0.1) is 0 Å². The normalized spacial score (nSPS) is 13.1. The molecule has 1 amide bonds. The molecule has 0 radical (unpaired) electrons. The summed E-state index contributed by atoms with van der Waals surface area (Å²) in [6.45, 7) is 3.02. The molecule has 1 N–H and O–H groups in total. The molecule has 0 bridgehead atoms. The first-order valence-electron chi connectivity index (χ1n) is 12.1. The third-order valence-corrected chi connectivity index (χ3v) is 7.11. The minimum absolute atomic E-state index is 0.124. The first-order chi connectivity index (χ1) is 17.1. The highest BCUT2D eigenvalue weighted by Gasteiger charge is 2.29. The van der Waals surface area contributed by atoms with Gasteiger partial charge in [-0.3, -0.25) is 9.20 Å². The molecule has 0 spiro atoms. The van der Waals surface area contributed by atoms with Crippen molar-refractivity contribution < 1.29 is 4.79 Å². The molecule has 35 heavy (non-hydrogen) atoms. The summed E-state index contributed by atoms with van der Waals surface area (Å²) in [4.78, 5) is 13.9. The highest BCUT2D eigenvalue weighted by atomic mass is 35.5. The number of hydrogen-bond acceptors (Lipinski definition) is 1. The highest BCUT2D eigenvalue weighted by Crippen LogP contribution is 2.39. The third kappa shape index (κ3) is 3.84. The Balaban J connectivity index is 1.60. The van der Waals surface area contributed by atoms with Crippen molar-refractivity contribution in [2.45, 2.75) is 32.7 Å². The summed E-state index contributed by atoms with van der Waals surface area (Å²) in [6.07, 6.45) is 5.28. The molecule has 0 fully saturated rings. The number of halogens is 1. The van der Waals surface area contributed by atoms with Crippen LogP contribution in [-0.4, -0.2) is 14.9 Å². The number of benzene rings is 3.